The Morgan fingerprint density at radius 1 is 0.774 bits per heavy atom. The molecule has 15 heteroatoms. The third-order valence-electron chi connectivity index (χ3n) is 8.31. The molecule has 1 atom stereocenters. The summed E-state index contributed by atoms with van der Waals surface area (Å²) >= 11 is 0. The summed E-state index contributed by atoms with van der Waals surface area (Å²) in [5.41, 5.74) is -3.39. The van der Waals surface area contributed by atoms with Crippen molar-refractivity contribution in [1.82, 2.24) is 10.6 Å². The average Bonchev–Trinajstić information content (AvgIpc) is 3.08. The zero-order chi connectivity index (χ0) is 39.0. The zero-order valence-electron chi connectivity index (χ0n) is 28.1. The molecule has 0 heterocycles. The van der Waals surface area contributed by atoms with Gasteiger partial charge in [-0.3, -0.25) is 14.4 Å². The molecule has 0 aliphatic carbocycles. The summed E-state index contributed by atoms with van der Waals surface area (Å²) in [5.74, 6) is -4.83. The van der Waals surface area contributed by atoms with Crippen LogP contribution in [0.2, 0.25) is 0 Å². The van der Waals surface area contributed by atoms with E-state index in [0.29, 0.717) is 37.0 Å². The molecular formula is C38H34F8N2O5. The molecule has 0 aliphatic rings. The normalized spacial score (nSPS) is 12.9. The molecule has 3 N–H and O–H groups in total. The van der Waals surface area contributed by atoms with Gasteiger partial charge in [0.15, 0.2) is 0 Å². The molecule has 0 bridgehead atoms. The van der Waals surface area contributed by atoms with Gasteiger partial charge in [0.25, 0.3) is 11.8 Å². The van der Waals surface area contributed by atoms with E-state index in [-0.39, 0.29) is 41.6 Å². The monoisotopic (exact) mass is 750 g/mol. The van der Waals surface area contributed by atoms with Gasteiger partial charge in [-0.2, -0.15) is 30.7 Å². The summed E-state index contributed by atoms with van der Waals surface area (Å²) in [6, 6.07) is 18.4. The number of benzene rings is 4. The smallest absolute Gasteiger partial charge is 0.461 e. The molecule has 2 amide bonds. The van der Waals surface area contributed by atoms with Crippen LogP contribution in [0.3, 0.4) is 0 Å². The van der Waals surface area contributed by atoms with Gasteiger partial charge in [0.2, 0.25) is 0 Å². The average molecular weight is 751 g/mol. The van der Waals surface area contributed by atoms with Crippen molar-refractivity contribution in [2.75, 3.05) is 6.54 Å². The number of hydrogen-bond acceptors (Lipinski definition) is 4. The lowest BCUT2D eigenvalue weighted by Crippen LogP contribution is -2.49. The van der Waals surface area contributed by atoms with E-state index in [9.17, 15) is 45.1 Å². The van der Waals surface area contributed by atoms with E-state index in [2.05, 4.69) is 15.4 Å². The molecule has 0 fully saturated rings. The van der Waals surface area contributed by atoms with Crippen LogP contribution >= 0.6 is 0 Å². The Morgan fingerprint density at radius 2 is 1.43 bits per heavy atom. The van der Waals surface area contributed by atoms with Crippen molar-refractivity contribution in [2.24, 2.45) is 0 Å². The summed E-state index contributed by atoms with van der Waals surface area (Å²) in [6.07, 6.45) is -13.0. The van der Waals surface area contributed by atoms with Crippen LogP contribution in [0.5, 0.6) is 5.75 Å². The highest BCUT2D eigenvalue weighted by molar-refractivity contribution is 5.96. The van der Waals surface area contributed by atoms with Gasteiger partial charge in [-0.15, -0.1) is 0 Å². The summed E-state index contributed by atoms with van der Waals surface area (Å²) in [7, 11) is 0. The quantitative estimate of drug-likeness (QED) is 0.0786. The van der Waals surface area contributed by atoms with Crippen molar-refractivity contribution >= 4 is 17.8 Å². The third-order valence-corrected chi connectivity index (χ3v) is 8.31. The van der Waals surface area contributed by atoms with Gasteiger partial charge >= 0.3 is 24.7 Å². The van der Waals surface area contributed by atoms with Crippen LogP contribution in [0.15, 0.2) is 91.0 Å². The molecule has 0 saturated heterocycles. The van der Waals surface area contributed by atoms with Crippen LogP contribution < -0.4 is 15.4 Å². The first-order valence-corrected chi connectivity index (χ1v) is 16.2. The van der Waals surface area contributed by atoms with Crippen molar-refractivity contribution < 1.29 is 59.4 Å². The van der Waals surface area contributed by atoms with Gasteiger partial charge in [0.1, 0.15) is 11.6 Å². The molecular weight excluding hydrogens is 716 g/mol. The fourth-order valence-electron chi connectivity index (χ4n) is 5.65. The van der Waals surface area contributed by atoms with E-state index in [0.717, 1.165) is 24.3 Å². The van der Waals surface area contributed by atoms with Gasteiger partial charge < -0.3 is 20.5 Å². The number of carboxylic acids is 1. The molecule has 0 saturated carbocycles. The lowest BCUT2D eigenvalue weighted by molar-refractivity contribution is -0.253. The van der Waals surface area contributed by atoms with Crippen molar-refractivity contribution in [3.05, 3.63) is 136 Å². The molecule has 4 rings (SSSR count). The second kappa shape index (κ2) is 16.9. The van der Waals surface area contributed by atoms with Gasteiger partial charge in [0.05, 0.1) is 11.1 Å². The first-order chi connectivity index (χ1) is 24.9. The number of amides is 2. The molecule has 4 aromatic rings. The number of unbranched alkanes of at least 4 members (excludes halogenated alkanes) is 2. The second-order valence-corrected chi connectivity index (χ2v) is 12.2. The van der Waals surface area contributed by atoms with E-state index < -0.39 is 64.7 Å². The van der Waals surface area contributed by atoms with Crippen LogP contribution in [-0.2, 0) is 22.9 Å². The standard InChI is InChI=1S/C38H34F8N2O5/c1-23-11-12-26(18-31(23)37(42,43)44)34(52)48-36(22-24-8-4-2-5-9-24,28-19-29(39)21-30(20-28)53-38(45,46)35(40)41)27-15-13-25(14-16-27)33(51)47-17-7-3-6-10-32(49)50/h2,4-5,8-9,11-16,18-21,35H,3,6-7,10,17,22H2,1H3,(H,47,51)(H,48,52)(H,49,50)/t36-/m1/s1. The molecule has 0 spiro atoms. The number of hydrogen-bond donors (Lipinski definition) is 3. The fourth-order valence-corrected chi connectivity index (χ4v) is 5.65. The minimum atomic E-state index is -5.04. The number of alkyl halides is 7. The van der Waals surface area contributed by atoms with Crippen molar-refractivity contribution in [3.8, 4) is 5.75 Å². The maximum absolute atomic E-state index is 15.3. The van der Waals surface area contributed by atoms with Crippen LogP contribution in [0.25, 0.3) is 0 Å². The lowest BCUT2D eigenvalue weighted by atomic mass is 9.77. The number of halogens is 8. The predicted octanol–water partition coefficient (Wildman–Crippen LogP) is 8.68. The fraction of sp³-hybridized carbons (Fsp3) is 0.289. The highest BCUT2D eigenvalue weighted by Gasteiger charge is 2.45. The molecule has 0 aromatic heterocycles. The largest absolute Gasteiger partial charge is 0.481 e. The Bertz CT molecular complexity index is 1900. The highest BCUT2D eigenvalue weighted by atomic mass is 19.4. The third kappa shape index (κ3) is 10.5. The molecule has 0 radical (unpaired) electrons. The Morgan fingerprint density at radius 3 is 2.06 bits per heavy atom. The van der Waals surface area contributed by atoms with Crippen LogP contribution in [0, 0.1) is 12.7 Å². The maximum atomic E-state index is 15.3. The first kappa shape index (κ1) is 40.3. The summed E-state index contributed by atoms with van der Waals surface area (Å²) in [6.45, 7) is 1.42. The van der Waals surface area contributed by atoms with Gasteiger partial charge in [-0.25, -0.2) is 4.39 Å². The maximum Gasteiger partial charge on any atom is 0.461 e. The van der Waals surface area contributed by atoms with Crippen molar-refractivity contribution in [2.45, 2.75) is 63.3 Å². The summed E-state index contributed by atoms with van der Waals surface area (Å²) in [5, 5.41) is 14.1. The number of carbonyl (C=O) groups is 3. The second-order valence-electron chi connectivity index (χ2n) is 12.2. The van der Waals surface area contributed by atoms with Gasteiger partial charge in [0, 0.05) is 36.6 Å². The van der Waals surface area contributed by atoms with Crippen molar-refractivity contribution in [3.63, 3.8) is 0 Å². The molecule has 4 aromatic carbocycles. The Labute approximate surface area is 299 Å². The SMILES string of the molecule is Cc1ccc(C(=O)N[C@](Cc2ccccc2)(c2ccc(C(=O)NCCCCCC(=O)O)cc2)c2cc(F)cc(OC(F)(F)C(F)F)c2)cc1C(F)(F)F. The number of carbonyl (C=O) groups excluding carboxylic acids is 2. The number of carboxylic acid groups (broad SMARTS) is 1. The highest BCUT2D eigenvalue weighted by Crippen LogP contribution is 2.39. The van der Waals surface area contributed by atoms with E-state index in [1.54, 1.807) is 30.3 Å². The zero-order valence-corrected chi connectivity index (χ0v) is 28.1. The number of aliphatic carboxylic acids is 1. The van der Waals surface area contributed by atoms with Crippen LogP contribution in [0.4, 0.5) is 35.1 Å². The summed E-state index contributed by atoms with van der Waals surface area (Å²) in [4.78, 5) is 37.6. The van der Waals surface area contributed by atoms with Gasteiger partial charge in [-0.05, 0) is 78.4 Å². The first-order valence-electron chi connectivity index (χ1n) is 16.2. The Hall–Kier alpha value is -5.47. The Balaban J connectivity index is 1.84. The van der Waals surface area contributed by atoms with Crippen molar-refractivity contribution in [1.29, 1.82) is 0 Å². The molecule has 0 unspecified atom stereocenters. The van der Waals surface area contributed by atoms with Crippen LogP contribution in [-0.4, -0.2) is 42.0 Å². The van der Waals surface area contributed by atoms with E-state index in [4.69, 9.17) is 5.11 Å². The summed E-state index contributed by atoms with van der Waals surface area (Å²) < 4.78 is 115. The topological polar surface area (TPSA) is 105 Å². The minimum Gasteiger partial charge on any atom is -0.481 e. The molecule has 53 heavy (non-hydrogen) atoms. The lowest BCUT2D eigenvalue weighted by Gasteiger charge is -2.37. The van der Waals surface area contributed by atoms with E-state index in [1.165, 1.54) is 31.2 Å². The minimum absolute atomic E-state index is 0.0162. The number of aryl methyl sites for hydroxylation is 1. The Kier molecular flexibility index (Phi) is 12.9. The number of rotatable bonds is 16. The number of ether oxygens (including phenoxy) is 1. The van der Waals surface area contributed by atoms with E-state index in [1.807, 2.05) is 0 Å². The van der Waals surface area contributed by atoms with Crippen LogP contribution in [0.1, 0.15) is 74.2 Å². The molecule has 7 nitrogen and oxygen atoms in total. The van der Waals surface area contributed by atoms with E-state index >= 15 is 4.39 Å². The molecule has 282 valence electrons. The van der Waals surface area contributed by atoms with Gasteiger partial charge in [-0.1, -0.05) is 55.0 Å². The molecule has 0 aliphatic heterocycles. The number of nitrogens with one attached hydrogen (secondary N) is 2. The predicted molar refractivity (Wildman–Crippen MR) is 177 cm³/mol.